The van der Waals surface area contributed by atoms with Crippen LogP contribution in [0.15, 0.2) is 109 Å². The number of ether oxygens (including phenoxy) is 2. The van der Waals surface area contributed by atoms with Crippen LogP contribution in [0.1, 0.15) is 52.2 Å². The predicted molar refractivity (Wildman–Crippen MR) is 179 cm³/mol. The molecule has 0 radical (unpaired) electrons. The maximum absolute atomic E-state index is 12.3. The number of hydrogen-bond donors (Lipinski definition) is 3. The first-order chi connectivity index (χ1) is 22.6. The molecule has 0 saturated carbocycles. The van der Waals surface area contributed by atoms with Crippen LogP contribution < -0.4 is 10.6 Å². The van der Waals surface area contributed by atoms with E-state index in [9.17, 15) is 9.90 Å². The van der Waals surface area contributed by atoms with Gasteiger partial charge < -0.3 is 25.2 Å². The Morgan fingerprint density at radius 1 is 0.652 bits per heavy atom. The van der Waals surface area contributed by atoms with Crippen LogP contribution in [0.5, 0.6) is 0 Å². The Kier molecular flexibility index (Phi) is 11.1. The number of nitrogens with zero attached hydrogens (tertiary/aromatic N) is 2. The summed E-state index contributed by atoms with van der Waals surface area (Å²) in [5.41, 5.74) is 6.33. The highest BCUT2D eigenvalue weighted by Crippen LogP contribution is 2.38. The van der Waals surface area contributed by atoms with E-state index in [4.69, 9.17) is 9.47 Å². The molecule has 2 fully saturated rings. The fraction of sp³-hybridized carbons (Fsp3) is 0.342. The van der Waals surface area contributed by atoms with E-state index >= 15 is 0 Å². The van der Waals surface area contributed by atoms with Crippen LogP contribution in [0.2, 0.25) is 0 Å². The van der Waals surface area contributed by atoms with Gasteiger partial charge >= 0.3 is 6.03 Å². The molecule has 3 atom stereocenters. The van der Waals surface area contributed by atoms with Crippen LogP contribution in [-0.2, 0) is 35.7 Å². The standard InChI is InChI=1S/C38H44N4O4/c43-28-32-13-15-33(16-14-32)36-23-35(27-42-21-19-41(20-22-42)26-31-9-5-2-6-10-31)45-37(46-36)34-17-11-30(12-18-34)25-40-38(44)39-24-29-7-3-1-4-8-29/h1-18,35-37,43H,19-28H2,(H2,39,40,44)/t35-,36+,37+/m0/s1. The molecule has 2 amide bonds. The molecule has 0 spiro atoms. The number of benzene rings is 4. The van der Waals surface area contributed by atoms with Gasteiger partial charge in [0.1, 0.15) is 0 Å². The number of piperazine rings is 1. The van der Waals surface area contributed by atoms with Gasteiger partial charge in [-0.25, -0.2) is 4.79 Å². The van der Waals surface area contributed by atoms with E-state index in [0.29, 0.717) is 13.1 Å². The van der Waals surface area contributed by atoms with Gasteiger partial charge in [-0.2, -0.15) is 0 Å². The van der Waals surface area contributed by atoms with Gasteiger partial charge in [0.05, 0.1) is 18.8 Å². The summed E-state index contributed by atoms with van der Waals surface area (Å²) in [5.74, 6) is 0. The molecule has 4 aromatic rings. The fourth-order valence-corrected chi connectivity index (χ4v) is 6.11. The lowest BCUT2D eigenvalue weighted by Gasteiger charge is -2.40. The molecule has 2 aliphatic rings. The summed E-state index contributed by atoms with van der Waals surface area (Å²) in [4.78, 5) is 17.4. The third-order valence-electron chi connectivity index (χ3n) is 8.79. The first kappa shape index (κ1) is 31.9. The summed E-state index contributed by atoms with van der Waals surface area (Å²) >= 11 is 0. The van der Waals surface area contributed by atoms with Gasteiger partial charge in [0.15, 0.2) is 6.29 Å². The maximum Gasteiger partial charge on any atom is 0.315 e. The molecule has 0 unspecified atom stereocenters. The summed E-state index contributed by atoms with van der Waals surface area (Å²) in [7, 11) is 0. The van der Waals surface area contributed by atoms with Gasteiger partial charge in [0, 0.05) is 64.3 Å². The maximum atomic E-state index is 12.3. The molecule has 2 saturated heterocycles. The highest BCUT2D eigenvalue weighted by molar-refractivity contribution is 5.73. The number of nitrogens with one attached hydrogen (secondary N) is 2. The predicted octanol–water partition coefficient (Wildman–Crippen LogP) is 5.54. The van der Waals surface area contributed by atoms with E-state index in [0.717, 1.165) is 73.5 Å². The van der Waals surface area contributed by atoms with Crippen LogP contribution in [0, 0.1) is 0 Å². The zero-order valence-corrected chi connectivity index (χ0v) is 26.3. The molecular formula is C38H44N4O4. The zero-order chi connectivity index (χ0) is 31.6. The molecule has 46 heavy (non-hydrogen) atoms. The van der Waals surface area contributed by atoms with E-state index in [1.807, 2.05) is 66.7 Å². The number of amides is 2. The van der Waals surface area contributed by atoms with Gasteiger partial charge in [-0.15, -0.1) is 0 Å². The minimum atomic E-state index is -0.503. The SMILES string of the molecule is O=C(NCc1ccccc1)NCc1ccc([C@@H]2O[C@H](CN3CCN(Cc4ccccc4)CC3)C[C@H](c3ccc(CO)cc3)O2)cc1. The largest absolute Gasteiger partial charge is 0.392 e. The molecule has 4 aromatic carbocycles. The Bertz CT molecular complexity index is 1490. The Morgan fingerprint density at radius 3 is 1.83 bits per heavy atom. The van der Waals surface area contributed by atoms with Crippen molar-refractivity contribution in [2.45, 2.75) is 51.2 Å². The quantitative estimate of drug-likeness (QED) is 0.204. The van der Waals surface area contributed by atoms with Crippen molar-refractivity contribution in [1.82, 2.24) is 20.4 Å². The van der Waals surface area contributed by atoms with E-state index < -0.39 is 6.29 Å². The monoisotopic (exact) mass is 620 g/mol. The van der Waals surface area contributed by atoms with Crippen molar-refractivity contribution < 1.29 is 19.4 Å². The Morgan fingerprint density at radius 2 is 1.20 bits per heavy atom. The first-order valence-electron chi connectivity index (χ1n) is 16.2. The molecule has 240 valence electrons. The summed E-state index contributed by atoms with van der Waals surface area (Å²) in [5, 5.41) is 15.4. The Labute approximate surface area is 272 Å². The molecule has 0 bridgehead atoms. The smallest absolute Gasteiger partial charge is 0.315 e. The molecule has 8 nitrogen and oxygen atoms in total. The summed E-state index contributed by atoms with van der Waals surface area (Å²) in [6.07, 6.45) is 0.151. The molecule has 0 aliphatic carbocycles. The molecule has 3 N–H and O–H groups in total. The van der Waals surface area contributed by atoms with Gasteiger partial charge in [0.2, 0.25) is 0 Å². The molecule has 2 aliphatic heterocycles. The van der Waals surface area contributed by atoms with Crippen LogP contribution in [-0.4, -0.2) is 59.8 Å². The van der Waals surface area contributed by atoms with Crippen LogP contribution in [0.25, 0.3) is 0 Å². The van der Waals surface area contributed by atoms with Crippen LogP contribution in [0.3, 0.4) is 0 Å². The summed E-state index contributed by atoms with van der Waals surface area (Å²) < 4.78 is 13.2. The van der Waals surface area contributed by atoms with Crippen molar-refractivity contribution in [1.29, 1.82) is 0 Å². The molecule has 2 heterocycles. The van der Waals surface area contributed by atoms with Crippen LogP contribution in [0.4, 0.5) is 4.79 Å². The number of carbonyl (C=O) groups is 1. The topological polar surface area (TPSA) is 86.3 Å². The second-order valence-corrected chi connectivity index (χ2v) is 12.2. The first-order valence-corrected chi connectivity index (χ1v) is 16.2. The molecule has 8 heteroatoms. The average Bonchev–Trinajstić information content (AvgIpc) is 3.12. The minimum absolute atomic E-state index is 0.0107. The Hall–Kier alpha value is -4.05. The second-order valence-electron chi connectivity index (χ2n) is 12.2. The normalized spacial score (nSPS) is 20.7. The highest BCUT2D eigenvalue weighted by Gasteiger charge is 2.33. The van der Waals surface area contributed by atoms with Crippen molar-refractivity contribution in [3.63, 3.8) is 0 Å². The van der Waals surface area contributed by atoms with Crippen molar-refractivity contribution in [2.24, 2.45) is 0 Å². The van der Waals surface area contributed by atoms with Gasteiger partial charge in [0.25, 0.3) is 0 Å². The molecular weight excluding hydrogens is 576 g/mol. The van der Waals surface area contributed by atoms with Crippen molar-refractivity contribution in [3.05, 3.63) is 143 Å². The lowest BCUT2D eigenvalue weighted by atomic mass is 9.99. The number of rotatable bonds is 11. The zero-order valence-electron chi connectivity index (χ0n) is 26.3. The summed E-state index contributed by atoms with van der Waals surface area (Å²) in [6.45, 7) is 6.85. The number of urea groups is 1. The number of carbonyl (C=O) groups excluding carboxylic acids is 1. The molecule has 0 aromatic heterocycles. The fourth-order valence-electron chi connectivity index (χ4n) is 6.11. The lowest BCUT2D eigenvalue weighted by molar-refractivity contribution is -0.253. The van der Waals surface area contributed by atoms with Crippen molar-refractivity contribution in [2.75, 3.05) is 32.7 Å². The average molecular weight is 621 g/mol. The van der Waals surface area contributed by atoms with E-state index in [-0.39, 0.29) is 24.8 Å². The third-order valence-corrected chi connectivity index (χ3v) is 8.79. The minimum Gasteiger partial charge on any atom is -0.392 e. The van der Waals surface area contributed by atoms with Gasteiger partial charge in [-0.3, -0.25) is 9.80 Å². The number of hydrogen-bond acceptors (Lipinski definition) is 6. The highest BCUT2D eigenvalue weighted by atomic mass is 16.7. The van der Waals surface area contributed by atoms with Gasteiger partial charge in [-0.05, 0) is 27.8 Å². The molecule has 6 rings (SSSR count). The van der Waals surface area contributed by atoms with E-state index in [1.54, 1.807) is 0 Å². The second kappa shape index (κ2) is 16.0. The van der Waals surface area contributed by atoms with E-state index in [2.05, 4.69) is 62.9 Å². The van der Waals surface area contributed by atoms with Gasteiger partial charge in [-0.1, -0.05) is 109 Å². The van der Waals surface area contributed by atoms with E-state index in [1.165, 1.54) is 5.56 Å². The van der Waals surface area contributed by atoms with Crippen molar-refractivity contribution in [3.8, 4) is 0 Å². The third kappa shape index (κ3) is 9.02. The number of aliphatic hydroxyl groups excluding tert-OH is 1. The number of aliphatic hydroxyl groups is 1. The Balaban J connectivity index is 1.05. The van der Waals surface area contributed by atoms with Crippen LogP contribution >= 0.6 is 0 Å². The lowest BCUT2D eigenvalue weighted by Crippen LogP contribution is -2.49. The summed E-state index contributed by atoms with van der Waals surface area (Å²) in [6, 6.07) is 36.4. The van der Waals surface area contributed by atoms with Crippen molar-refractivity contribution >= 4 is 6.03 Å².